The van der Waals surface area contributed by atoms with E-state index in [0.717, 1.165) is 40.7 Å². The summed E-state index contributed by atoms with van der Waals surface area (Å²) in [6, 6.07) is 7.83. The van der Waals surface area contributed by atoms with Crippen LogP contribution in [0.2, 0.25) is 0 Å². The van der Waals surface area contributed by atoms with Gasteiger partial charge in [0.2, 0.25) is 5.95 Å². The van der Waals surface area contributed by atoms with E-state index in [2.05, 4.69) is 27.2 Å². The summed E-state index contributed by atoms with van der Waals surface area (Å²) in [5, 5.41) is 4.36. The number of fused-ring (bicyclic) bond motifs is 2. The van der Waals surface area contributed by atoms with E-state index >= 15 is 0 Å². The second-order valence-corrected chi connectivity index (χ2v) is 5.29. The van der Waals surface area contributed by atoms with Gasteiger partial charge >= 0.3 is 0 Å². The summed E-state index contributed by atoms with van der Waals surface area (Å²) in [6.07, 6.45) is 8.28. The molecule has 0 saturated carbocycles. The molecule has 0 bridgehead atoms. The van der Waals surface area contributed by atoms with Crippen LogP contribution in [0.5, 0.6) is 0 Å². The third-order valence-corrected chi connectivity index (χ3v) is 3.70. The van der Waals surface area contributed by atoms with Gasteiger partial charge in [0.25, 0.3) is 0 Å². The topological polar surface area (TPSA) is 68.5 Å². The maximum atomic E-state index is 4.72. The molecule has 1 N–H and O–H groups in total. The number of pyridine rings is 2. The lowest BCUT2D eigenvalue weighted by Gasteiger charge is -2.11. The van der Waals surface area contributed by atoms with Crippen LogP contribution in [0.1, 0.15) is 13.3 Å². The lowest BCUT2D eigenvalue weighted by Crippen LogP contribution is -2.07. The largest absolute Gasteiger partial charge is 0.369 e. The molecule has 4 aromatic heterocycles. The van der Waals surface area contributed by atoms with Crippen LogP contribution in [0.4, 0.5) is 5.82 Å². The van der Waals surface area contributed by atoms with Crippen LogP contribution < -0.4 is 5.32 Å². The molecule has 0 fully saturated rings. The molecule has 0 spiro atoms. The van der Waals surface area contributed by atoms with Crippen molar-refractivity contribution in [2.75, 3.05) is 11.9 Å². The van der Waals surface area contributed by atoms with E-state index in [-0.39, 0.29) is 0 Å². The third-order valence-electron chi connectivity index (χ3n) is 3.70. The molecule has 0 atom stereocenters. The molecule has 6 nitrogen and oxygen atoms in total. The van der Waals surface area contributed by atoms with Crippen LogP contribution in [-0.4, -0.2) is 31.0 Å². The molecule has 0 radical (unpaired) electrons. The first kappa shape index (κ1) is 13.6. The summed E-state index contributed by atoms with van der Waals surface area (Å²) < 4.78 is 1.95. The smallest absolute Gasteiger partial charge is 0.236 e. The number of nitrogens with one attached hydrogen (secondary N) is 1. The van der Waals surface area contributed by atoms with Crippen LogP contribution in [0.15, 0.2) is 49.1 Å². The first-order chi connectivity index (χ1) is 11.4. The molecule has 4 aromatic rings. The van der Waals surface area contributed by atoms with Gasteiger partial charge in [-0.3, -0.25) is 14.5 Å². The number of anilines is 1. The zero-order valence-corrected chi connectivity index (χ0v) is 12.8. The average molecular weight is 304 g/mol. The van der Waals surface area contributed by atoms with Gasteiger partial charge in [0.15, 0.2) is 0 Å². The van der Waals surface area contributed by atoms with Crippen LogP contribution in [0, 0.1) is 0 Å². The third kappa shape index (κ3) is 2.38. The molecular formula is C17H16N6. The molecular weight excluding hydrogens is 288 g/mol. The van der Waals surface area contributed by atoms with Crippen molar-refractivity contribution in [3.8, 4) is 5.95 Å². The molecule has 0 unspecified atom stereocenters. The van der Waals surface area contributed by atoms with Gasteiger partial charge in [-0.1, -0.05) is 6.92 Å². The highest BCUT2D eigenvalue weighted by Crippen LogP contribution is 2.23. The van der Waals surface area contributed by atoms with E-state index in [9.17, 15) is 0 Å². The van der Waals surface area contributed by atoms with Crippen molar-refractivity contribution in [3.63, 3.8) is 0 Å². The maximum absolute atomic E-state index is 4.72. The predicted octanol–water partition coefficient (Wildman–Crippen LogP) is 3.19. The van der Waals surface area contributed by atoms with Crippen molar-refractivity contribution < 1.29 is 0 Å². The van der Waals surface area contributed by atoms with Gasteiger partial charge in [0.1, 0.15) is 5.82 Å². The van der Waals surface area contributed by atoms with Gasteiger partial charge in [-0.2, -0.15) is 4.98 Å². The van der Waals surface area contributed by atoms with Crippen LogP contribution in [-0.2, 0) is 0 Å². The fourth-order valence-electron chi connectivity index (χ4n) is 2.60. The van der Waals surface area contributed by atoms with Crippen molar-refractivity contribution in [2.45, 2.75) is 13.3 Å². The van der Waals surface area contributed by atoms with Crippen molar-refractivity contribution in [2.24, 2.45) is 0 Å². The number of rotatable bonds is 4. The Hall–Kier alpha value is -3.02. The van der Waals surface area contributed by atoms with Gasteiger partial charge in [0, 0.05) is 30.5 Å². The van der Waals surface area contributed by atoms with E-state index in [1.807, 2.05) is 35.0 Å². The molecule has 6 heteroatoms. The minimum Gasteiger partial charge on any atom is -0.369 e. The van der Waals surface area contributed by atoms with Crippen molar-refractivity contribution in [1.82, 2.24) is 24.5 Å². The Kier molecular flexibility index (Phi) is 3.34. The summed E-state index contributed by atoms with van der Waals surface area (Å²) in [4.78, 5) is 17.9. The summed E-state index contributed by atoms with van der Waals surface area (Å²) in [7, 11) is 0. The van der Waals surface area contributed by atoms with Gasteiger partial charge < -0.3 is 5.32 Å². The molecule has 0 aliphatic rings. The molecule has 114 valence electrons. The summed E-state index contributed by atoms with van der Waals surface area (Å²) >= 11 is 0. The Labute approximate surface area is 133 Å². The molecule has 4 heterocycles. The molecule has 0 aliphatic heterocycles. The van der Waals surface area contributed by atoms with E-state index in [0.29, 0.717) is 5.95 Å². The number of nitrogens with zero attached hydrogens (tertiary/aromatic N) is 5. The first-order valence-electron chi connectivity index (χ1n) is 7.65. The molecule has 0 aromatic carbocycles. The molecule has 0 saturated heterocycles. The Balaban J connectivity index is 1.93. The highest BCUT2D eigenvalue weighted by molar-refractivity contribution is 5.89. The summed E-state index contributed by atoms with van der Waals surface area (Å²) in [5.74, 6) is 1.45. The second-order valence-electron chi connectivity index (χ2n) is 5.29. The minimum atomic E-state index is 0.618. The van der Waals surface area contributed by atoms with Crippen LogP contribution in [0.3, 0.4) is 0 Å². The van der Waals surface area contributed by atoms with Gasteiger partial charge in [-0.25, -0.2) is 4.98 Å². The lowest BCUT2D eigenvalue weighted by molar-refractivity contribution is 0.944. The Morgan fingerprint density at radius 3 is 2.96 bits per heavy atom. The van der Waals surface area contributed by atoms with E-state index < -0.39 is 0 Å². The highest BCUT2D eigenvalue weighted by atomic mass is 15.2. The average Bonchev–Trinajstić information content (AvgIpc) is 3.03. The Morgan fingerprint density at radius 1 is 1.09 bits per heavy atom. The van der Waals surface area contributed by atoms with E-state index in [4.69, 9.17) is 4.98 Å². The van der Waals surface area contributed by atoms with Gasteiger partial charge in [-0.05, 0) is 30.7 Å². The van der Waals surface area contributed by atoms with E-state index in [1.54, 1.807) is 18.6 Å². The number of aromatic nitrogens is 5. The van der Waals surface area contributed by atoms with E-state index in [1.165, 1.54) is 0 Å². The molecule has 23 heavy (non-hydrogen) atoms. The number of hydrogen-bond acceptors (Lipinski definition) is 5. The monoisotopic (exact) mass is 304 g/mol. The Bertz CT molecular complexity index is 975. The second kappa shape index (κ2) is 5.64. The minimum absolute atomic E-state index is 0.618. The Morgan fingerprint density at radius 2 is 2.04 bits per heavy atom. The highest BCUT2D eigenvalue weighted by Gasteiger charge is 2.11. The van der Waals surface area contributed by atoms with Gasteiger partial charge in [-0.15, -0.1) is 0 Å². The molecule has 0 amide bonds. The standard InChI is InChI=1S/C17H16N6/c1-2-7-20-16-12-5-9-18-11-14(12)21-17(22-16)23-10-6-13-15(23)4-3-8-19-13/h3-6,8-11H,2,7H2,1H3,(H,20,21,22). The van der Waals surface area contributed by atoms with Crippen molar-refractivity contribution in [3.05, 3.63) is 49.1 Å². The van der Waals surface area contributed by atoms with Gasteiger partial charge in [0.05, 0.1) is 22.7 Å². The molecule has 4 rings (SSSR count). The summed E-state index contributed by atoms with van der Waals surface area (Å²) in [5.41, 5.74) is 2.73. The van der Waals surface area contributed by atoms with Crippen LogP contribution in [0.25, 0.3) is 27.9 Å². The SMILES string of the molecule is CCCNc1nc(-n2ccc3ncccc32)nc2cnccc12. The normalized spacial score (nSPS) is 11.2. The summed E-state index contributed by atoms with van der Waals surface area (Å²) in [6.45, 7) is 2.99. The zero-order valence-electron chi connectivity index (χ0n) is 12.8. The quantitative estimate of drug-likeness (QED) is 0.627. The van der Waals surface area contributed by atoms with Crippen molar-refractivity contribution >= 4 is 27.8 Å². The number of hydrogen-bond donors (Lipinski definition) is 1. The lowest BCUT2D eigenvalue weighted by atomic mass is 10.3. The zero-order chi connectivity index (χ0) is 15.6. The fourth-order valence-corrected chi connectivity index (χ4v) is 2.60. The fraction of sp³-hybridized carbons (Fsp3) is 0.176. The van der Waals surface area contributed by atoms with Crippen molar-refractivity contribution in [1.29, 1.82) is 0 Å². The van der Waals surface area contributed by atoms with Crippen LogP contribution >= 0.6 is 0 Å². The first-order valence-corrected chi connectivity index (χ1v) is 7.65. The molecule has 0 aliphatic carbocycles. The maximum Gasteiger partial charge on any atom is 0.236 e. The predicted molar refractivity (Wildman–Crippen MR) is 90.7 cm³/mol.